The summed E-state index contributed by atoms with van der Waals surface area (Å²) < 4.78 is 35.1. The molecule has 9 nitrogen and oxygen atoms in total. The van der Waals surface area contributed by atoms with Crippen LogP contribution in [0.25, 0.3) is 0 Å². The van der Waals surface area contributed by atoms with Crippen molar-refractivity contribution in [2.24, 2.45) is 5.41 Å². The van der Waals surface area contributed by atoms with Gasteiger partial charge in [-0.25, -0.2) is 14.2 Å². The summed E-state index contributed by atoms with van der Waals surface area (Å²) in [5.74, 6) is -5.00. The molecule has 5 atom stereocenters. The van der Waals surface area contributed by atoms with Gasteiger partial charge in [0, 0.05) is 23.0 Å². The fraction of sp³-hybridized carbons (Fsp3) is 0.448. The van der Waals surface area contributed by atoms with Gasteiger partial charge in [0.2, 0.25) is 5.91 Å². The molecule has 0 spiro atoms. The number of benzene rings is 2. The van der Waals surface area contributed by atoms with E-state index in [0.717, 1.165) is 17.7 Å². The molecule has 2 unspecified atom stereocenters. The SMILES string of the molecule is CC1CC(Oc2c(F)cc(C(=O)N[C@H](C)C(=O)N3[C@H](c4cccc(Cl)c4)CC[C@@H]3C(C)(C)C#N)cc2F)C(=O)NN1. The van der Waals surface area contributed by atoms with Crippen LogP contribution in [-0.4, -0.2) is 46.9 Å². The third-order valence-electron chi connectivity index (χ3n) is 7.53. The minimum absolute atomic E-state index is 0.180. The van der Waals surface area contributed by atoms with Crippen LogP contribution in [0.4, 0.5) is 8.78 Å². The Balaban J connectivity index is 1.53. The molecule has 0 radical (unpaired) electrons. The highest BCUT2D eigenvalue weighted by molar-refractivity contribution is 6.30. The number of likely N-dealkylation sites (tertiary alicyclic amines) is 1. The van der Waals surface area contributed by atoms with Crippen molar-refractivity contribution in [2.45, 2.75) is 77.2 Å². The number of hydrazine groups is 1. The molecule has 2 aromatic rings. The first-order valence-corrected chi connectivity index (χ1v) is 13.7. The Kier molecular flexibility index (Phi) is 8.85. The molecular weight excluding hydrogens is 556 g/mol. The first-order valence-electron chi connectivity index (χ1n) is 13.3. The third-order valence-corrected chi connectivity index (χ3v) is 7.77. The van der Waals surface area contributed by atoms with Crippen LogP contribution in [0.3, 0.4) is 0 Å². The first kappa shape index (κ1) is 30.2. The Morgan fingerprint density at radius 3 is 2.54 bits per heavy atom. The highest BCUT2D eigenvalue weighted by Crippen LogP contribution is 2.43. The van der Waals surface area contributed by atoms with Gasteiger partial charge >= 0.3 is 0 Å². The van der Waals surface area contributed by atoms with Crippen LogP contribution in [0.5, 0.6) is 5.75 Å². The van der Waals surface area contributed by atoms with E-state index >= 15 is 0 Å². The van der Waals surface area contributed by atoms with Crippen molar-refractivity contribution in [1.82, 2.24) is 21.1 Å². The van der Waals surface area contributed by atoms with Crippen molar-refractivity contribution in [1.29, 1.82) is 5.26 Å². The zero-order valence-corrected chi connectivity index (χ0v) is 23.9. The van der Waals surface area contributed by atoms with Crippen LogP contribution in [0.1, 0.15) is 68.9 Å². The van der Waals surface area contributed by atoms with E-state index in [1.54, 1.807) is 43.9 Å². The fourth-order valence-electron chi connectivity index (χ4n) is 5.32. The molecule has 2 aliphatic rings. The van der Waals surface area contributed by atoms with E-state index in [9.17, 15) is 28.4 Å². The topological polar surface area (TPSA) is 124 Å². The van der Waals surface area contributed by atoms with Gasteiger partial charge in [0.05, 0.1) is 23.6 Å². The molecule has 41 heavy (non-hydrogen) atoms. The van der Waals surface area contributed by atoms with E-state index in [-0.39, 0.29) is 24.1 Å². The molecule has 3 amide bonds. The minimum atomic E-state index is -1.16. The van der Waals surface area contributed by atoms with E-state index in [4.69, 9.17) is 16.3 Å². The first-order chi connectivity index (χ1) is 19.3. The average molecular weight is 588 g/mol. The number of hydrogen-bond donors (Lipinski definition) is 3. The molecule has 0 aliphatic carbocycles. The van der Waals surface area contributed by atoms with Crippen LogP contribution in [0.15, 0.2) is 36.4 Å². The van der Waals surface area contributed by atoms with Gasteiger partial charge in [0.1, 0.15) is 6.04 Å². The Hall–Kier alpha value is -3.75. The summed E-state index contributed by atoms with van der Waals surface area (Å²) in [6.45, 7) is 6.75. The minimum Gasteiger partial charge on any atom is -0.474 e. The lowest BCUT2D eigenvalue weighted by molar-refractivity contribution is -0.137. The predicted molar refractivity (Wildman–Crippen MR) is 147 cm³/mol. The van der Waals surface area contributed by atoms with Gasteiger partial charge in [0.15, 0.2) is 23.5 Å². The van der Waals surface area contributed by atoms with Gasteiger partial charge in [-0.2, -0.15) is 5.26 Å². The summed E-state index contributed by atoms with van der Waals surface area (Å²) in [7, 11) is 0. The molecule has 0 saturated carbocycles. The van der Waals surface area contributed by atoms with E-state index < -0.39 is 58.7 Å². The van der Waals surface area contributed by atoms with Gasteiger partial charge in [0.25, 0.3) is 11.8 Å². The van der Waals surface area contributed by atoms with Crippen molar-refractivity contribution in [3.63, 3.8) is 0 Å². The Bertz CT molecular complexity index is 1370. The van der Waals surface area contributed by atoms with Crippen molar-refractivity contribution in [2.75, 3.05) is 0 Å². The Morgan fingerprint density at radius 2 is 1.90 bits per heavy atom. The van der Waals surface area contributed by atoms with Crippen LogP contribution in [0.2, 0.25) is 5.02 Å². The molecule has 2 saturated heterocycles. The molecule has 4 rings (SSSR count). The molecule has 218 valence electrons. The second-order valence-electron chi connectivity index (χ2n) is 11.1. The molecule has 0 bridgehead atoms. The summed E-state index contributed by atoms with van der Waals surface area (Å²) in [4.78, 5) is 40.4. The number of carbonyl (C=O) groups excluding carboxylic acids is 3. The average Bonchev–Trinajstić information content (AvgIpc) is 3.38. The summed E-state index contributed by atoms with van der Waals surface area (Å²) in [6.07, 6.45) is 0.221. The van der Waals surface area contributed by atoms with Crippen molar-refractivity contribution in [3.8, 4) is 11.8 Å². The molecule has 2 aliphatic heterocycles. The van der Waals surface area contributed by atoms with Gasteiger partial charge in [-0.1, -0.05) is 23.7 Å². The van der Waals surface area contributed by atoms with Crippen molar-refractivity contribution < 1.29 is 27.9 Å². The Labute approximate surface area is 242 Å². The molecular formula is C29H32ClF2N5O4. The lowest BCUT2D eigenvalue weighted by Gasteiger charge is -2.38. The van der Waals surface area contributed by atoms with E-state index in [0.29, 0.717) is 17.9 Å². The molecule has 2 fully saturated rings. The fourth-order valence-corrected chi connectivity index (χ4v) is 5.52. The second-order valence-corrected chi connectivity index (χ2v) is 11.5. The van der Waals surface area contributed by atoms with Crippen LogP contribution < -0.4 is 20.9 Å². The van der Waals surface area contributed by atoms with Gasteiger partial charge < -0.3 is 15.0 Å². The maximum atomic E-state index is 14.9. The maximum absolute atomic E-state index is 14.9. The highest BCUT2D eigenvalue weighted by Gasteiger charge is 2.46. The number of ether oxygens (including phenoxy) is 1. The van der Waals surface area contributed by atoms with Gasteiger partial charge in [-0.15, -0.1) is 0 Å². The molecule has 0 aromatic heterocycles. The van der Waals surface area contributed by atoms with E-state index in [2.05, 4.69) is 22.2 Å². The highest BCUT2D eigenvalue weighted by atomic mass is 35.5. The monoisotopic (exact) mass is 587 g/mol. The lowest BCUT2D eigenvalue weighted by Crippen LogP contribution is -2.56. The van der Waals surface area contributed by atoms with Crippen molar-refractivity contribution >= 4 is 29.3 Å². The zero-order chi connectivity index (χ0) is 30.1. The number of amides is 3. The standard InChI is InChI=1S/C29H32ClF2N5O4/c1-15-10-23(27(39)36-35-15)41-25-20(31)12-18(13-21(25)32)26(38)34-16(2)28(40)37-22(17-6-5-7-19(30)11-17)8-9-24(37)29(3,4)14-33/h5-7,11-13,15-16,22-24,35H,8-10H2,1-4H3,(H,34,38)(H,36,39)/t15?,16-,22+,23?,24-/m1/s1. The van der Waals surface area contributed by atoms with E-state index in [1.165, 1.54) is 6.92 Å². The lowest BCUT2D eigenvalue weighted by atomic mass is 9.84. The zero-order valence-electron chi connectivity index (χ0n) is 23.1. The summed E-state index contributed by atoms with van der Waals surface area (Å²) in [5.41, 5.74) is 4.64. The van der Waals surface area contributed by atoms with Crippen LogP contribution >= 0.6 is 11.6 Å². The van der Waals surface area contributed by atoms with Gasteiger partial charge in [-0.05, 0) is 70.4 Å². The van der Waals surface area contributed by atoms with Crippen LogP contribution in [-0.2, 0) is 9.59 Å². The normalized spacial score (nSPS) is 23.4. The molecule has 3 N–H and O–H groups in total. The Morgan fingerprint density at radius 1 is 1.22 bits per heavy atom. The second kappa shape index (κ2) is 12.0. The van der Waals surface area contributed by atoms with Crippen molar-refractivity contribution in [3.05, 3.63) is 64.2 Å². The number of carbonyl (C=O) groups is 3. The summed E-state index contributed by atoms with van der Waals surface area (Å²) in [5, 5.41) is 12.8. The number of nitriles is 1. The van der Waals surface area contributed by atoms with Gasteiger partial charge in [-0.3, -0.25) is 19.8 Å². The number of nitrogens with one attached hydrogen (secondary N) is 3. The molecule has 2 aromatic carbocycles. The molecule has 2 heterocycles. The van der Waals surface area contributed by atoms with E-state index in [1.807, 2.05) is 6.07 Å². The molecule has 12 heteroatoms. The summed E-state index contributed by atoms with van der Waals surface area (Å²) in [6, 6.07) is 8.90. The third kappa shape index (κ3) is 6.44. The number of hydrogen-bond acceptors (Lipinski definition) is 6. The quantitative estimate of drug-likeness (QED) is 0.447. The number of rotatable bonds is 7. The maximum Gasteiger partial charge on any atom is 0.275 e. The summed E-state index contributed by atoms with van der Waals surface area (Å²) >= 11 is 6.20. The smallest absolute Gasteiger partial charge is 0.275 e. The number of nitrogens with zero attached hydrogens (tertiary/aromatic N) is 2. The number of halogens is 3. The predicted octanol–water partition coefficient (Wildman–Crippen LogP) is 4.18. The van der Waals surface area contributed by atoms with Crippen LogP contribution in [0, 0.1) is 28.4 Å². The largest absolute Gasteiger partial charge is 0.474 e.